The van der Waals surface area contributed by atoms with Crippen molar-refractivity contribution in [3.8, 4) is 0 Å². The first-order valence-electron chi connectivity index (χ1n) is 4.75. The molecule has 5 nitrogen and oxygen atoms in total. The number of H-pyrrole nitrogens is 1. The molecule has 2 N–H and O–H groups in total. The molecule has 0 unspecified atom stereocenters. The topological polar surface area (TPSA) is 75.2 Å². The van der Waals surface area contributed by atoms with E-state index in [2.05, 4.69) is 14.7 Å². The Bertz CT molecular complexity index is 417. The summed E-state index contributed by atoms with van der Waals surface area (Å²) in [5.74, 6) is 0.217. The van der Waals surface area contributed by atoms with Crippen molar-refractivity contribution in [2.45, 2.75) is 19.2 Å². The van der Waals surface area contributed by atoms with Gasteiger partial charge in [-0.25, -0.2) is 4.98 Å². The number of halogens is 3. The standard InChI is InChI=1S/C9H11F3N2O3/c10-9(11,12)5-17-2-1-7-13-3-6(4-15)8(16)14-7/h3,15H,1-2,4-5H2,(H,13,14,16). The molecule has 0 amide bonds. The Morgan fingerprint density at radius 2 is 2.18 bits per heavy atom. The first-order chi connectivity index (χ1) is 7.92. The maximum absolute atomic E-state index is 11.7. The molecule has 0 aromatic carbocycles. The van der Waals surface area contributed by atoms with Gasteiger partial charge in [-0.2, -0.15) is 13.2 Å². The summed E-state index contributed by atoms with van der Waals surface area (Å²) in [5.41, 5.74) is -0.404. The van der Waals surface area contributed by atoms with Crippen molar-refractivity contribution in [1.82, 2.24) is 9.97 Å². The molecule has 0 aliphatic rings. The minimum Gasteiger partial charge on any atom is -0.391 e. The molecule has 0 radical (unpaired) electrons. The molecule has 1 rings (SSSR count). The normalized spacial score (nSPS) is 11.8. The fourth-order valence-electron chi connectivity index (χ4n) is 1.05. The largest absolute Gasteiger partial charge is 0.411 e. The minimum absolute atomic E-state index is 0.0665. The molecule has 8 heteroatoms. The lowest BCUT2D eigenvalue weighted by Gasteiger charge is -2.07. The summed E-state index contributed by atoms with van der Waals surface area (Å²) in [4.78, 5) is 17.3. The van der Waals surface area contributed by atoms with Crippen molar-refractivity contribution in [3.63, 3.8) is 0 Å². The second-order valence-electron chi connectivity index (χ2n) is 3.26. The van der Waals surface area contributed by atoms with E-state index in [9.17, 15) is 18.0 Å². The summed E-state index contributed by atoms with van der Waals surface area (Å²) in [5, 5.41) is 8.70. The number of ether oxygens (including phenoxy) is 1. The molecule has 0 fully saturated rings. The number of nitrogens with one attached hydrogen (secondary N) is 1. The maximum Gasteiger partial charge on any atom is 0.411 e. The van der Waals surface area contributed by atoms with Crippen LogP contribution in [-0.4, -0.2) is 34.5 Å². The zero-order chi connectivity index (χ0) is 12.9. The van der Waals surface area contributed by atoms with E-state index < -0.39 is 24.9 Å². The van der Waals surface area contributed by atoms with E-state index in [-0.39, 0.29) is 24.4 Å². The van der Waals surface area contributed by atoms with E-state index in [1.165, 1.54) is 6.20 Å². The van der Waals surface area contributed by atoms with Crippen LogP contribution in [0.2, 0.25) is 0 Å². The molecular formula is C9H11F3N2O3. The number of hydrogen-bond donors (Lipinski definition) is 2. The van der Waals surface area contributed by atoms with Crippen LogP contribution in [0.1, 0.15) is 11.4 Å². The molecule has 1 aromatic rings. The summed E-state index contributed by atoms with van der Waals surface area (Å²) >= 11 is 0. The van der Waals surface area contributed by atoms with E-state index in [4.69, 9.17) is 5.11 Å². The van der Waals surface area contributed by atoms with Crippen LogP contribution in [0.5, 0.6) is 0 Å². The molecule has 1 aromatic heterocycles. The van der Waals surface area contributed by atoms with E-state index in [0.717, 1.165) is 0 Å². The highest BCUT2D eigenvalue weighted by Gasteiger charge is 2.27. The molecule has 0 saturated carbocycles. The Morgan fingerprint density at radius 1 is 1.47 bits per heavy atom. The van der Waals surface area contributed by atoms with Gasteiger partial charge in [0.05, 0.1) is 18.8 Å². The van der Waals surface area contributed by atoms with E-state index >= 15 is 0 Å². The zero-order valence-corrected chi connectivity index (χ0v) is 8.75. The predicted molar refractivity (Wildman–Crippen MR) is 51.4 cm³/mol. The van der Waals surface area contributed by atoms with E-state index in [1.54, 1.807) is 0 Å². The number of alkyl halides is 3. The van der Waals surface area contributed by atoms with Crippen molar-refractivity contribution in [3.05, 3.63) is 27.9 Å². The second kappa shape index (κ2) is 5.78. The zero-order valence-electron chi connectivity index (χ0n) is 8.75. The Morgan fingerprint density at radius 3 is 2.71 bits per heavy atom. The van der Waals surface area contributed by atoms with Crippen LogP contribution in [0.15, 0.2) is 11.0 Å². The molecule has 0 aliphatic carbocycles. The highest BCUT2D eigenvalue weighted by Crippen LogP contribution is 2.14. The van der Waals surface area contributed by atoms with Gasteiger partial charge in [-0.1, -0.05) is 0 Å². The Labute approximate surface area is 94.3 Å². The number of aromatic nitrogens is 2. The number of aromatic amines is 1. The molecule has 0 aliphatic heterocycles. The van der Waals surface area contributed by atoms with Crippen molar-refractivity contribution < 1.29 is 23.0 Å². The monoisotopic (exact) mass is 252 g/mol. The Balaban J connectivity index is 2.43. The van der Waals surface area contributed by atoms with Crippen LogP contribution in [0.3, 0.4) is 0 Å². The molecule has 0 spiro atoms. The van der Waals surface area contributed by atoms with Crippen molar-refractivity contribution >= 4 is 0 Å². The van der Waals surface area contributed by atoms with Gasteiger partial charge in [0.2, 0.25) is 0 Å². The quantitative estimate of drug-likeness (QED) is 0.743. The van der Waals surface area contributed by atoms with Crippen LogP contribution in [0.4, 0.5) is 13.2 Å². The van der Waals surface area contributed by atoms with Crippen LogP contribution in [0, 0.1) is 0 Å². The Hall–Kier alpha value is -1.41. The van der Waals surface area contributed by atoms with Crippen LogP contribution >= 0.6 is 0 Å². The van der Waals surface area contributed by atoms with E-state index in [1.807, 2.05) is 0 Å². The molecule has 0 atom stereocenters. The van der Waals surface area contributed by atoms with Gasteiger partial charge < -0.3 is 14.8 Å². The van der Waals surface area contributed by atoms with Gasteiger partial charge in [0.15, 0.2) is 0 Å². The fraction of sp³-hybridized carbons (Fsp3) is 0.556. The molecule has 1 heterocycles. The Kier molecular flexibility index (Phi) is 4.64. The highest BCUT2D eigenvalue weighted by atomic mass is 19.4. The average molecular weight is 252 g/mol. The number of aliphatic hydroxyl groups is 1. The van der Waals surface area contributed by atoms with Crippen molar-refractivity contribution in [1.29, 1.82) is 0 Å². The lowest BCUT2D eigenvalue weighted by atomic mass is 10.3. The summed E-state index contributed by atoms with van der Waals surface area (Å²) < 4.78 is 39.5. The third kappa shape index (κ3) is 4.96. The van der Waals surface area contributed by atoms with E-state index in [0.29, 0.717) is 0 Å². The number of nitrogens with zero attached hydrogens (tertiary/aromatic N) is 1. The first kappa shape index (κ1) is 13.7. The number of hydrogen-bond acceptors (Lipinski definition) is 4. The predicted octanol–water partition coefficient (Wildman–Crippen LogP) is 0.384. The van der Waals surface area contributed by atoms with Gasteiger partial charge >= 0.3 is 6.18 Å². The molecule has 0 saturated heterocycles. The fourth-order valence-corrected chi connectivity index (χ4v) is 1.05. The smallest absolute Gasteiger partial charge is 0.391 e. The van der Waals surface area contributed by atoms with Crippen molar-refractivity contribution in [2.75, 3.05) is 13.2 Å². The van der Waals surface area contributed by atoms with Gasteiger partial charge in [-0.3, -0.25) is 4.79 Å². The lowest BCUT2D eigenvalue weighted by Crippen LogP contribution is -2.20. The molecular weight excluding hydrogens is 241 g/mol. The molecule has 96 valence electrons. The SMILES string of the molecule is O=c1[nH]c(CCOCC(F)(F)F)ncc1CO. The van der Waals surface area contributed by atoms with Crippen LogP contribution < -0.4 is 5.56 Å². The molecule has 17 heavy (non-hydrogen) atoms. The molecule has 0 bridgehead atoms. The lowest BCUT2D eigenvalue weighted by molar-refractivity contribution is -0.173. The highest BCUT2D eigenvalue weighted by molar-refractivity contribution is 5.04. The summed E-state index contributed by atoms with van der Waals surface area (Å²) in [6.07, 6.45) is -3.11. The van der Waals surface area contributed by atoms with Gasteiger partial charge in [-0.05, 0) is 0 Å². The third-order valence-corrected chi connectivity index (χ3v) is 1.84. The first-order valence-corrected chi connectivity index (χ1v) is 4.75. The van der Waals surface area contributed by atoms with Gasteiger partial charge in [0.1, 0.15) is 12.4 Å². The minimum atomic E-state index is -4.36. The summed E-state index contributed by atoms with van der Waals surface area (Å²) in [7, 11) is 0. The summed E-state index contributed by atoms with van der Waals surface area (Å²) in [6.45, 7) is -1.96. The van der Waals surface area contributed by atoms with Crippen molar-refractivity contribution in [2.24, 2.45) is 0 Å². The summed E-state index contributed by atoms with van der Waals surface area (Å²) in [6, 6.07) is 0. The van der Waals surface area contributed by atoms with Gasteiger partial charge in [0.25, 0.3) is 5.56 Å². The third-order valence-electron chi connectivity index (χ3n) is 1.84. The number of rotatable bonds is 5. The second-order valence-corrected chi connectivity index (χ2v) is 3.26. The van der Waals surface area contributed by atoms with Crippen LogP contribution in [0.25, 0.3) is 0 Å². The van der Waals surface area contributed by atoms with Gasteiger partial charge in [0, 0.05) is 12.6 Å². The van der Waals surface area contributed by atoms with Crippen LogP contribution in [-0.2, 0) is 17.8 Å². The number of aliphatic hydroxyl groups excluding tert-OH is 1. The van der Waals surface area contributed by atoms with Gasteiger partial charge in [-0.15, -0.1) is 0 Å². The average Bonchev–Trinajstić information content (AvgIpc) is 2.23. The maximum atomic E-state index is 11.7.